The van der Waals surface area contributed by atoms with Gasteiger partial charge in [0.25, 0.3) is 0 Å². The first kappa shape index (κ1) is 13.3. The number of anilines is 1. The number of nitrogens with zero attached hydrogens (tertiary/aromatic N) is 1. The fourth-order valence-electron chi connectivity index (χ4n) is 1.14. The summed E-state index contributed by atoms with van der Waals surface area (Å²) in [6, 6.07) is 0. The molecule has 17 heavy (non-hydrogen) atoms. The number of carboxylic acid groups (broad SMARTS) is 1. The summed E-state index contributed by atoms with van der Waals surface area (Å²) < 4.78 is 36.9. The van der Waals surface area contributed by atoms with E-state index in [0.29, 0.717) is 12.6 Å². The molecule has 0 saturated heterocycles. The Hall–Kier alpha value is -1.77. The van der Waals surface area contributed by atoms with E-state index in [9.17, 15) is 13.2 Å². The number of aromatic amines is 1. The molecule has 0 fully saturated rings. The van der Waals surface area contributed by atoms with Gasteiger partial charge in [0.2, 0.25) is 0 Å². The molecule has 9 heteroatoms. The lowest BCUT2D eigenvalue weighted by Gasteiger charge is -2.08. The van der Waals surface area contributed by atoms with Crippen LogP contribution in [0.2, 0.25) is 0 Å². The van der Waals surface area contributed by atoms with E-state index in [1.807, 2.05) is 0 Å². The van der Waals surface area contributed by atoms with Crippen molar-refractivity contribution in [1.29, 1.82) is 0 Å². The molecule has 1 aromatic heterocycles. The Labute approximate surface area is 93.6 Å². The average molecular weight is 253 g/mol. The highest BCUT2D eigenvalue weighted by Gasteiger charge is 2.38. The van der Waals surface area contributed by atoms with Crippen LogP contribution in [0.25, 0.3) is 0 Å². The van der Waals surface area contributed by atoms with E-state index >= 15 is 0 Å². The molecule has 0 radical (unpaired) electrons. The molecule has 1 aliphatic rings. The highest BCUT2D eigenvalue weighted by atomic mass is 19.4. The molecule has 96 valence electrons. The third-order valence-corrected chi connectivity index (χ3v) is 1.85. The Morgan fingerprint density at radius 2 is 2.12 bits per heavy atom. The minimum Gasteiger partial charge on any atom is -0.475 e. The number of aliphatic carboxylic acids is 1. The topological polar surface area (TPSA) is 101 Å². The van der Waals surface area contributed by atoms with Gasteiger partial charge < -0.3 is 20.6 Å². The number of hydrogen-bond acceptors (Lipinski definition) is 4. The minimum atomic E-state index is -5.08. The number of imidazole rings is 1. The van der Waals surface area contributed by atoms with Crippen LogP contribution in [0.5, 0.6) is 0 Å². The summed E-state index contributed by atoms with van der Waals surface area (Å²) in [7, 11) is 0. The van der Waals surface area contributed by atoms with Crippen molar-refractivity contribution in [2.75, 3.05) is 12.3 Å². The van der Waals surface area contributed by atoms with Crippen LogP contribution >= 0.6 is 0 Å². The van der Waals surface area contributed by atoms with Crippen molar-refractivity contribution in [2.45, 2.75) is 19.2 Å². The lowest BCUT2D eigenvalue weighted by Crippen LogP contribution is -2.21. The van der Waals surface area contributed by atoms with Crippen LogP contribution in [0.4, 0.5) is 19.1 Å². The number of halogens is 3. The molecular formula is C8H10F3N3O3. The molecule has 1 aromatic rings. The second-order valence-corrected chi connectivity index (χ2v) is 3.15. The van der Waals surface area contributed by atoms with Gasteiger partial charge in [-0.15, -0.1) is 0 Å². The van der Waals surface area contributed by atoms with Gasteiger partial charge in [0, 0.05) is 6.42 Å². The SMILES string of the molecule is Nc1nc2c([nH]1)COCC2.O=C(O)C(F)(F)F. The van der Waals surface area contributed by atoms with Crippen LogP contribution in [-0.2, 0) is 22.6 Å². The maximum atomic E-state index is 10.6. The number of H-pyrrole nitrogens is 1. The van der Waals surface area contributed by atoms with Gasteiger partial charge in [-0.1, -0.05) is 0 Å². The Kier molecular flexibility index (Phi) is 3.94. The zero-order valence-electron chi connectivity index (χ0n) is 8.54. The molecule has 2 rings (SSSR count). The number of nitrogens with two attached hydrogens (primary N) is 1. The van der Waals surface area contributed by atoms with Crippen molar-refractivity contribution in [1.82, 2.24) is 9.97 Å². The lowest BCUT2D eigenvalue weighted by molar-refractivity contribution is -0.192. The predicted octanol–water partition coefficient (Wildman–Crippen LogP) is 0.698. The van der Waals surface area contributed by atoms with Crippen molar-refractivity contribution in [3.63, 3.8) is 0 Å². The number of carbonyl (C=O) groups is 1. The molecule has 0 bridgehead atoms. The molecule has 0 unspecified atom stereocenters. The Morgan fingerprint density at radius 1 is 1.53 bits per heavy atom. The van der Waals surface area contributed by atoms with E-state index in [2.05, 4.69) is 9.97 Å². The highest BCUT2D eigenvalue weighted by molar-refractivity contribution is 5.73. The number of nitrogen functional groups attached to an aromatic ring is 1. The number of rotatable bonds is 0. The van der Waals surface area contributed by atoms with E-state index < -0.39 is 12.1 Å². The summed E-state index contributed by atoms with van der Waals surface area (Å²) in [4.78, 5) is 15.9. The van der Waals surface area contributed by atoms with Crippen molar-refractivity contribution in [3.8, 4) is 0 Å². The first-order valence-corrected chi connectivity index (χ1v) is 4.52. The minimum absolute atomic E-state index is 0.496. The molecule has 0 aliphatic carbocycles. The maximum Gasteiger partial charge on any atom is 0.490 e. The predicted molar refractivity (Wildman–Crippen MR) is 50.1 cm³/mol. The van der Waals surface area contributed by atoms with Crippen LogP contribution in [0.1, 0.15) is 11.4 Å². The number of hydrogen-bond donors (Lipinski definition) is 3. The van der Waals surface area contributed by atoms with E-state index in [-0.39, 0.29) is 0 Å². The highest BCUT2D eigenvalue weighted by Crippen LogP contribution is 2.14. The summed E-state index contributed by atoms with van der Waals surface area (Å²) in [6.45, 7) is 1.39. The zero-order chi connectivity index (χ0) is 13.1. The van der Waals surface area contributed by atoms with E-state index in [1.165, 1.54) is 0 Å². The smallest absolute Gasteiger partial charge is 0.475 e. The summed E-state index contributed by atoms with van der Waals surface area (Å²) in [6.07, 6.45) is -4.21. The molecule has 2 heterocycles. The van der Waals surface area contributed by atoms with E-state index in [0.717, 1.165) is 24.4 Å². The zero-order valence-corrected chi connectivity index (χ0v) is 8.54. The van der Waals surface area contributed by atoms with Gasteiger partial charge in [0.15, 0.2) is 5.95 Å². The molecule has 0 aromatic carbocycles. The molecular weight excluding hydrogens is 243 g/mol. The third-order valence-electron chi connectivity index (χ3n) is 1.85. The van der Waals surface area contributed by atoms with E-state index in [1.54, 1.807) is 0 Å². The van der Waals surface area contributed by atoms with Crippen molar-refractivity contribution in [2.24, 2.45) is 0 Å². The molecule has 4 N–H and O–H groups in total. The van der Waals surface area contributed by atoms with Gasteiger partial charge >= 0.3 is 12.1 Å². The monoisotopic (exact) mass is 253 g/mol. The van der Waals surface area contributed by atoms with Gasteiger partial charge in [-0.05, 0) is 0 Å². The van der Waals surface area contributed by atoms with Gasteiger partial charge in [0.05, 0.1) is 24.6 Å². The van der Waals surface area contributed by atoms with Crippen molar-refractivity contribution in [3.05, 3.63) is 11.4 Å². The number of nitrogens with one attached hydrogen (secondary N) is 1. The van der Waals surface area contributed by atoms with Gasteiger partial charge in [0.1, 0.15) is 0 Å². The standard InChI is InChI=1S/C6H9N3O.C2HF3O2/c7-6-8-4-1-2-10-3-5(4)9-6;3-2(4,5)1(6)7/h1-3H2,(H3,7,8,9);(H,6,7). The number of ether oxygens (including phenoxy) is 1. The van der Waals surface area contributed by atoms with Crippen LogP contribution in [-0.4, -0.2) is 33.8 Å². The van der Waals surface area contributed by atoms with Crippen molar-refractivity contribution < 1.29 is 27.8 Å². The number of fused-ring (bicyclic) bond motifs is 1. The van der Waals surface area contributed by atoms with Gasteiger partial charge in [-0.3, -0.25) is 0 Å². The maximum absolute atomic E-state index is 10.6. The normalized spacial score (nSPS) is 14.5. The summed E-state index contributed by atoms with van der Waals surface area (Å²) in [5.41, 5.74) is 7.53. The number of carboxylic acids is 1. The molecule has 6 nitrogen and oxygen atoms in total. The number of alkyl halides is 3. The van der Waals surface area contributed by atoms with Crippen LogP contribution in [0, 0.1) is 0 Å². The summed E-state index contributed by atoms with van der Waals surface area (Å²) in [5.74, 6) is -2.26. The van der Waals surface area contributed by atoms with Gasteiger partial charge in [-0.2, -0.15) is 13.2 Å². The van der Waals surface area contributed by atoms with Gasteiger partial charge in [-0.25, -0.2) is 9.78 Å². The first-order chi connectivity index (χ1) is 7.80. The second-order valence-electron chi connectivity index (χ2n) is 3.15. The lowest BCUT2D eigenvalue weighted by atomic mass is 10.2. The molecule has 0 spiro atoms. The molecule has 0 saturated carbocycles. The van der Waals surface area contributed by atoms with Crippen LogP contribution in [0.3, 0.4) is 0 Å². The molecule has 0 amide bonds. The summed E-state index contributed by atoms with van der Waals surface area (Å²) >= 11 is 0. The van der Waals surface area contributed by atoms with E-state index in [4.69, 9.17) is 20.4 Å². The van der Waals surface area contributed by atoms with Crippen LogP contribution in [0.15, 0.2) is 0 Å². The third kappa shape index (κ3) is 3.94. The fraction of sp³-hybridized carbons (Fsp3) is 0.500. The largest absolute Gasteiger partial charge is 0.490 e. The molecule has 0 atom stereocenters. The quantitative estimate of drug-likeness (QED) is 0.631. The Bertz CT molecular complexity index is 379. The Balaban J connectivity index is 0.000000185. The molecule has 1 aliphatic heterocycles. The average Bonchev–Trinajstić information content (AvgIpc) is 2.57. The van der Waals surface area contributed by atoms with Crippen LogP contribution < -0.4 is 5.73 Å². The Morgan fingerprint density at radius 3 is 2.59 bits per heavy atom. The summed E-state index contributed by atoms with van der Waals surface area (Å²) in [5, 5.41) is 7.12. The number of aromatic nitrogens is 2. The fourth-order valence-corrected chi connectivity index (χ4v) is 1.14. The first-order valence-electron chi connectivity index (χ1n) is 4.52. The van der Waals surface area contributed by atoms with Crippen molar-refractivity contribution >= 4 is 11.9 Å². The second kappa shape index (κ2) is 5.04.